The van der Waals surface area contributed by atoms with E-state index in [0.717, 1.165) is 25.7 Å². The van der Waals surface area contributed by atoms with Gasteiger partial charge in [-0.1, -0.05) is 26.7 Å². The van der Waals surface area contributed by atoms with Crippen LogP contribution < -0.4 is 5.69 Å². The molecular formula is C11H18N2O2. The average Bonchev–Trinajstić information content (AvgIpc) is 2.65. The van der Waals surface area contributed by atoms with Crippen LogP contribution in [0.15, 0.2) is 11.0 Å². The fourth-order valence-electron chi connectivity index (χ4n) is 1.66. The minimum absolute atomic E-state index is 0.0383. The van der Waals surface area contributed by atoms with Crippen LogP contribution in [0.5, 0.6) is 0 Å². The Bertz CT molecular complexity index is 365. The minimum Gasteiger partial charge on any atom is -0.312 e. The highest BCUT2D eigenvalue weighted by Gasteiger charge is 2.18. The summed E-state index contributed by atoms with van der Waals surface area (Å²) in [7, 11) is 0. The van der Waals surface area contributed by atoms with Gasteiger partial charge < -0.3 is 9.97 Å². The lowest BCUT2D eigenvalue weighted by Gasteiger charge is -2.11. The summed E-state index contributed by atoms with van der Waals surface area (Å²) in [5.41, 5.74) is 0.0895. The normalized spacial score (nSPS) is 12.7. The molecule has 1 heterocycles. The fraction of sp³-hybridized carbons (Fsp3) is 0.636. The number of imidazole rings is 1. The monoisotopic (exact) mass is 210 g/mol. The summed E-state index contributed by atoms with van der Waals surface area (Å²) >= 11 is 0. The maximum Gasteiger partial charge on any atom is 0.323 e. The van der Waals surface area contributed by atoms with Crippen molar-refractivity contribution in [3.63, 3.8) is 0 Å². The first-order chi connectivity index (χ1) is 7.19. The lowest BCUT2D eigenvalue weighted by molar-refractivity contribution is 0.0903. The van der Waals surface area contributed by atoms with Crippen LogP contribution >= 0.6 is 0 Å². The molecule has 4 heteroatoms. The van der Waals surface area contributed by atoms with Gasteiger partial charge in [0.15, 0.2) is 5.78 Å². The molecule has 0 radical (unpaired) electrons. The third-order valence-corrected chi connectivity index (χ3v) is 2.63. The maximum atomic E-state index is 11.9. The number of rotatable bonds is 6. The number of carbonyl (C=O) groups is 1. The third kappa shape index (κ3) is 3.08. The standard InChI is InChI=1S/C11H18N2O2/c1-3-5-6-8(4-2)10(14)9-7-12-11(15)13-9/h7-8H,3-6H2,1-2H3,(H2,12,13,15). The van der Waals surface area contributed by atoms with Crippen LogP contribution in [0.1, 0.15) is 50.0 Å². The Kier molecular flexibility index (Phi) is 4.34. The molecule has 0 aromatic carbocycles. The summed E-state index contributed by atoms with van der Waals surface area (Å²) in [4.78, 5) is 27.7. The van der Waals surface area contributed by atoms with Crippen LogP contribution in [0.3, 0.4) is 0 Å². The van der Waals surface area contributed by atoms with Crippen LogP contribution in [-0.4, -0.2) is 15.8 Å². The van der Waals surface area contributed by atoms with Crippen LogP contribution in [0.25, 0.3) is 0 Å². The first kappa shape index (κ1) is 11.8. The Morgan fingerprint density at radius 1 is 1.47 bits per heavy atom. The summed E-state index contributed by atoms with van der Waals surface area (Å²) in [5, 5.41) is 0. The van der Waals surface area contributed by atoms with Gasteiger partial charge in [0.1, 0.15) is 5.69 Å². The molecule has 0 aliphatic rings. The third-order valence-electron chi connectivity index (χ3n) is 2.63. The summed E-state index contributed by atoms with van der Waals surface area (Å²) in [6, 6.07) is 0. The summed E-state index contributed by atoms with van der Waals surface area (Å²) in [6.07, 6.45) is 5.33. The second kappa shape index (κ2) is 5.53. The second-order valence-corrected chi connectivity index (χ2v) is 3.77. The van der Waals surface area contributed by atoms with Gasteiger partial charge in [0, 0.05) is 12.1 Å². The first-order valence-electron chi connectivity index (χ1n) is 5.50. The lowest BCUT2D eigenvalue weighted by atomic mass is 9.93. The van der Waals surface area contributed by atoms with Crippen molar-refractivity contribution < 1.29 is 4.79 Å². The Hall–Kier alpha value is -1.32. The zero-order valence-corrected chi connectivity index (χ0v) is 9.30. The van der Waals surface area contributed by atoms with E-state index in [1.165, 1.54) is 6.20 Å². The van der Waals surface area contributed by atoms with E-state index < -0.39 is 0 Å². The maximum absolute atomic E-state index is 11.9. The SMILES string of the molecule is CCCCC(CC)C(=O)c1c[nH]c(=O)[nH]1. The smallest absolute Gasteiger partial charge is 0.312 e. The van der Waals surface area contributed by atoms with Gasteiger partial charge >= 0.3 is 5.69 Å². The number of unbranched alkanes of at least 4 members (excludes halogenated alkanes) is 1. The largest absolute Gasteiger partial charge is 0.323 e. The first-order valence-corrected chi connectivity index (χ1v) is 5.50. The zero-order valence-electron chi connectivity index (χ0n) is 9.30. The lowest BCUT2D eigenvalue weighted by Crippen LogP contribution is -2.15. The average molecular weight is 210 g/mol. The Labute approximate surface area is 89.1 Å². The number of aromatic nitrogens is 2. The van der Waals surface area contributed by atoms with Gasteiger partial charge in [0.25, 0.3) is 0 Å². The quantitative estimate of drug-likeness (QED) is 0.706. The molecule has 1 atom stereocenters. The van der Waals surface area contributed by atoms with Crippen molar-refractivity contribution in [2.75, 3.05) is 0 Å². The molecule has 0 spiro atoms. The van der Waals surface area contributed by atoms with Gasteiger partial charge in [-0.05, 0) is 12.8 Å². The predicted octanol–water partition coefficient (Wildman–Crippen LogP) is 2.10. The molecule has 84 valence electrons. The molecule has 4 nitrogen and oxygen atoms in total. The number of ketones is 1. The molecule has 1 aromatic rings. The number of Topliss-reactive ketones (excluding diaryl/α,β-unsaturated/α-hetero) is 1. The molecule has 1 rings (SSSR count). The van der Waals surface area contributed by atoms with E-state index in [4.69, 9.17) is 0 Å². The topological polar surface area (TPSA) is 65.7 Å². The molecule has 15 heavy (non-hydrogen) atoms. The van der Waals surface area contributed by atoms with E-state index in [2.05, 4.69) is 16.9 Å². The number of nitrogens with one attached hydrogen (secondary N) is 2. The minimum atomic E-state index is -0.316. The highest BCUT2D eigenvalue weighted by Crippen LogP contribution is 2.16. The number of hydrogen-bond acceptors (Lipinski definition) is 2. The highest BCUT2D eigenvalue weighted by molar-refractivity contribution is 5.95. The van der Waals surface area contributed by atoms with E-state index in [-0.39, 0.29) is 17.4 Å². The van der Waals surface area contributed by atoms with Gasteiger partial charge in [-0.2, -0.15) is 0 Å². The molecule has 0 saturated heterocycles. The van der Waals surface area contributed by atoms with Crippen molar-refractivity contribution in [1.29, 1.82) is 0 Å². The van der Waals surface area contributed by atoms with Crippen LogP contribution in [0.2, 0.25) is 0 Å². The van der Waals surface area contributed by atoms with Crippen molar-refractivity contribution >= 4 is 5.78 Å². The number of H-pyrrole nitrogens is 2. The van der Waals surface area contributed by atoms with Crippen molar-refractivity contribution in [2.24, 2.45) is 5.92 Å². The Morgan fingerprint density at radius 3 is 2.67 bits per heavy atom. The zero-order chi connectivity index (χ0) is 11.3. The van der Waals surface area contributed by atoms with Crippen molar-refractivity contribution in [1.82, 2.24) is 9.97 Å². The van der Waals surface area contributed by atoms with E-state index in [1.807, 2.05) is 6.92 Å². The van der Waals surface area contributed by atoms with Crippen LogP contribution in [0.4, 0.5) is 0 Å². The molecule has 2 N–H and O–H groups in total. The van der Waals surface area contributed by atoms with Gasteiger partial charge in [-0.3, -0.25) is 4.79 Å². The Balaban J connectivity index is 2.68. The molecule has 1 aromatic heterocycles. The van der Waals surface area contributed by atoms with Crippen LogP contribution in [0, 0.1) is 5.92 Å². The molecule has 0 bridgehead atoms. The number of carbonyl (C=O) groups excluding carboxylic acids is 1. The summed E-state index contributed by atoms with van der Waals surface area (Å²) in [6.45, 7) is 4.11. The second-order valence-electron chi connectivity index (χ2n) is 3.77. The van der Waals surface area contributed by atoms with E-state index in [9.17, 15) is 9.59 Å². The fourth-order valence-corrected chi connectivity index (χ4v) is 1.66. The molecule has 0 fully saturated rings. The Morgan fingerprint density at radius 2 is 2.20 bits per heavy atom. The molecule has 1 unspecified atom stereocenters. The van der Waals surface area contributed by atoms with E-state index in [0.29, 0.717) is 5.69 Å². The summed E-state index contributed by atoms with van der Waals surface area (Å²) < 4.78 is 0. The van der Waals surface area contributed by atoms with Crippen LogP contribution in [-0.2, 0) is 0 Å². The molecular weight excluding hydrogens is 192 g/mol. The number of hydrogen-bond donors (Lipinski definition) is 2. The predicted molar refractivity (Wildman–Crippen MR) is 59.0 cm³/mol. The van der Waals surface area contributed by atoms with Crippen molar-refractivity contribution in [2.45, 2.75) is 39.5 Å². The highest BCUT2D eigenvalue weighted by atomic mass is 16.1. The van der Waals surface area contributed by atoms with Gasteiger partial charge in [-0.25, -0.2) is 4.79 Å². The molecule has 0 aliphatic heterocycles. The van der Waals surface area contributed by atoms with Gasteiger partial charge in [0.05, 0.1) is 0 Å². The van der Waals surface area contributed by atoms with E-state index in [1.54, 1.807) is 0 Å². The van der Waals surface area contributed by atoms with Crippen molar-refractivity contribution in [3.05, 3.63) is 22.4 Å². The van der Waals surface area contributed by atoms with E-state index >= 15 is 0 Å². The van der Waals surface area contributed by atoms with Gasteiger partial charge in [0.2, 0.25) is 0 Å². The summed E-state index contributed by atoms with van der Waals surface area (Å²) in [5.74, 6) is 0.0840. The van der Waals surface area contributed by atoms with Gasteiger partial charge in [-0.15, -0.1) is 0 Å². The molecule has 0 amide bonds. The van der Waals surface area contributed by atoms with Crippen molar-refractivity contribution in [3.8, 4) is 0 Å². The molecule has 0 saturated carbocycles. The number of aromatic amines is 2. The molecule has 0 aliphatic carbocycles.